The van der Waals surface area contributed by atoms with E-state index in [-0.39, 0.29) is 37.4 Å². The molecule has 0 radical (unpaired) electrons. The third kappa shape index (κ3) is 3.93. The van der Waals surface area contributed by atoms with Gasteiger partial charge < -0.3 is 20.3 Å². The maximum Gasteiger partial charge on any atom is 0.349 e. The van der Waals surface area contributed by atoms with Crippen molar-refractivity contribution in [1.29, 1.82) is 0 Å². The minimum Gasteiger partial charge on any atom is -0.394 e. The van der Waals surface area contributed by atoms with Crippen molar-refractivity contribution in [3.8, 4) is 0 Å². The summed E-state index contributed by atoms with van der Waals surface area (Å²) in [5, 5.41) is 21.6. The first kappa shape index (κ1) is 17.3. The third-order valence-corrected chi connectivity index (χ3v) is 4.13. The molecule has 0 unspecified atom stereocenters. The quantitative estimate of drug-likeness (QED) is 0.728. The Labute approximate surface area is 143 Å². The molecule has 3 rings (SSSR count). The number of carbonyl (C=O) groups excluding carboxylic acids is 1. The molecule has 2 heterocycles. The van der Waals surface area contributed by atoms with Crippen LogP contribution in [0.5, 0.6) is 0 Å². The Morgan fingerprint density at radius 1 is 1.32 bits per heavy atom. The molecular formula is C17H19N3O5. The van der Waals surface area contributed by atoms with Crippen LogP contribution in [0.2, 0.25) is 0 Å². The largest absolute Gasteiger partial charge is 0.394 e. The van der Waals surface area contributed by atoms with Crippen LogP contribution in [0.4, 0.5) is 5.82 Å². The van der Waals surface area contributed by atoms with Crippen LogP contribution in [0.25, 0.3) is 0 Å². The van der Waals surface area contributed by atoms with Gasteiger partial charge in [0.05, 0.1) is 25.4 Å². The van der Waals surface area contributed by atoms with E-state index in [4.69, 9.17) is 9.84 Å². The number of nitrogens with one attached hydrogen (secondary N) is 1. The third-order valence-electron chi connectivity index (χ3n) is 4.13. The lowest BCUT2D eigenvalue weighted by atomic mass is 10.0. The van der Waals surface area contributed by atoms with Crippen molar-refractivity contribution in [3.05, 3.63) is 58.6 Å². The molecule has 1 aromatic carbocycles. The number of anilines is 1. The SMILES string of the molecule is O=C(Nc1ccn([C@@H]2CO[C@H](CO)[C@@H](O)C2)c(=O)n1)c1ccccc1. The van der Waals surface area contributed by atoms with E-state index in [0.717, 1.165) is 0 Å². The molecule has 1 aromatic heterocycles. The zero-order valence-electron chi connectivity index (χ0n) is 13.4. The van der Waals surface area contributed by atoms with E-state index in [1.54, 1.807) is 30.3 Å². The first-order valence-electron chi connectivity index (χ1n) is 7.94. The molecule has 1 aliphatic heterocycles. The summed E-state index contributed by atoms with van der Waals surface area (Å²) < 4.78 is 6.71. The van der Waals surface area contributed by atoms with Crippen molar-refractivity contribution < 1.29 is 19.7 Å². The van der Waals surface area contributed by atoms with E-state index in [1.165, 1.54) is 16.8 Å². The summed E-state index contributed by atoms with van der Waals surface area (Å²) in [5.41, 5.74) is -0.0820. The van der Waals surface area contributed by atoms with Gasteiger partial charge >= 0.3 is 5.69 Å². The predicted molar refractivity (Wildman–Crippen MR) is 89.4 cm³/mol. The van der Waals surface area contributed by atoms with Crippen LogP contribution in [0.3, 0.4) is 0 Å². The van der Waals surface area contributed by atoms with E-state index in [2.05, 4.69) is 10.3 Å². The first-order chi connectivity index (χ1) is 12.1. The highest BCUT2D eigenvalue weighted by Crippen LogP contribution is 2.22. The van der Waals surface area contributed by atoms with Crippen molar-refractivity contribution in [3.63, 3.8) is 0 Å². The highest BCUT2D eigenvalue weighted by Gasteiger charge is 2.30. The zero-order valence-corrected chi connectivity index (χ0v) is 13.4. The van der Waals surface area contributed by atoms with Crippen LogP contribution in [-0.4, -0.2) is 51.1 Å². The number of aliphatic hydroxyl groups excluding tert-OH is 2. The molecule has 132 valence electrons. The Morgan fingerprint density at radius 2 is 2.08 bits per heavy atom. The fourth-order valence-electron chi connectivity index (χ4n) is 2.75. The van der Waals surface area contributed by atoms with Crippen molar-refractivity contribution in [2.75, 3.05) is 18.5 Å². The molecule has 1 amide bonds. The normalized spacial score (nSPS) is 23.2. The molecule has 1 aliphatic rings. The molecule has 8 heteroatoms. The van der Waals surface area contributed by atoms with Crippen LogP contribution in [-0.2, 0) is 4.74 Å². The van der Waals surface area contributed by atoms with Crippen LogP contribution in [0.1, 0.15) is 22.8 Å². The molecule has 0 aliphatic carbocycles. The number of ether oxygens (including phenoxy) is 1. The van der Waals surface area contributed by atoms with Crippen molar-refractivity contribution in [2.45, 2.75) is 24.7 Å². The number of hydrogen-bond acceptors (Lipinski definition) is 6. The zero-order chi connectivity index (χ0) is 17.8. The summed E-state index contributed by atoms with van der Waals surface area (Å²) in [5.74, 6) is -0.201. The lowest BCUT2D eigenvalue weighted by molar-refractivity contribution is -0.113. The van der Waals surface area contributed by atoms with Gasteiger partial charge in [0.2, 0.25) is 0 Å². The van der Waals surface area contributed by atoms with Gasteiger partial charge in [0.15, 0.2) is 0 Å². The number of aromatic nitrogens is 2. The minimum atomic E-state index is -0.854. The smallest absolute Gasteiger partial charge is 0.349 e. The van der Waals surface area contributed by atoms with Gasteiger partial charge in [-0.25, -0.2) is 4.79 Å². The lowest BCUT2D eigenvalue weighted by Crippen LogP contribution is -2.43. The Kier molecular flexibility index (Phi) is 5.22. The number of amides is 1. The van der Waals surface area contributed by atoms with E-state index in [1.807, 2.05) is 0 Å². The lowest BCUT2D eigenvalue weighted by Gasteiger charge is -2.33. The maximum absolute atomic E-state index is 12.2. The van der Waals surface area contributed by atoms with Crippen LogP contribution in [0, 0.1) is 0 Å². The van der Waals surface area contributed by atoms with Crippen LogP contribution >= 0.6 is 0 Å². The fraction of sp³-hybridized carbons (Fsp3) is 0.353. The molecule has 3 N–H and O–H groups in total. The molecule has 1 fully saturated rings. The van der Waals surface area contributed by atoms with Crippen molar-refractivity contribution in [1.82, 2.24) is 9.55 Å². The average molecular weight is 345 g/mol. The number of hydrogen-bond donors (Lipinski definition) is 3. The number of rotatable bonds is 4. The van der Waals surface area contributed by atoms with Crippen LogP contribution < -0.4 is 11.0 Å². The first-order valence-corrected chi connectivity index (χ1v) is 7.94. The second kappa shape index (κ2) is 7.56. The number of nitrogens with zero attached hydrogens (tertiary/aromatic N) is 2. The molecule has 2 aromatic rings. The van der Waals surface area contributed by atoms with Gasteiger partial charge in [0.1, 0.15) is 11.9 Å². The van der Waals surface area contributed by atoms with Gasteiger partial charge in [0, 0.05) is 11.8 Å². The maximum atomic E-state index is 12.2. The summed E-state index contributed by atoms with van der Waals surface area (Å²) in [6, 6.07) is 9.76. The minimum absolute atomic E-state index is 0.153. The van der Waals surface area contributed by atoms with Crippen molar-refractivity contribution in [2.24, 2.45) is 0 Å². The number of carbonyl (C=O) groups is 1. The summed E-state index contributed by atoms with van der Waals surface area (Å²) in [6.07, 6.45) is 0.302. The highest BCUT2D eigenvalue weighted by atomic mass is 16.5. The monoisotopic (exact) mass is 345 g/mol. The average Bonchev–Trinajstić information content (AvgIpc) is 2.62. The van der Waals surface area contributed by atoms with Gasteiger partial charge in [-0.15, -0.1) is 0 Å². The number of benzene rings is 1. The molecule has 8 nitrogen and oxygen atoms in total. The Morgan fingerprint density at radius 3 is 2.72 bits per heavy atom. The number of aliphatic hydroxyl groups is 2. The molecule has 0 spiro atoms. The Balaban J connectivity index is 1.71. The van der Waals surface area contributed by atoms with Gasteiger partial charge in [-0.05, 0) is 24.6 Å². The Hall–Kier alpha value is -2.55. The molecule has 1 saturated heterocycles. The second-order valence-corrected chi connectivity index (χ2v) is 5.83. The fourth-order valence-corrected chi connectivity index (χ4v) is 2.75. The summed E-state index contributed by atoms with van der Waals surface area (Å²) >= 11 is 0. The van der Waals surface area contributed by atoms with Gasteiger partial charge in [-0.1, -0.05) is 18.2 Å². The van der Waals surface area contributed by atoms with Crippen molar-refractivity contribution >= 4 is 11.7 Å². The van der Waals surface area contributed by atoms with Gasteiger partial charge in [-0.3, -0.25) is 9.36 Å². The van der Waals surface area contributed by atoms with E-state index in [0.29, 0.717) is 5.56 Å². The molecule has 3 atom stereocenters. The summed E-state index contributed by atoms with van der Waals surface area (Å²) in [7, 11) is 0. The molecule has 0 saturated carbocycles. The van der Waals surface area contributed by atoms with Crippen LogP contribution in [0.15, 0.2) is 47.4 Å². The highest BCUT2D eigenvalue weighted by molar-refractivity contribution is 6.03. The second-order valence-electron chi connectivity index (χ2n) is 5.83. The summed E-state index contributed by atoms with van der Waals surface area (Å²) in [4.78, 5) is 28.2. The molecule has 0 bridgehead atoms. The van der Waals surface area contributed by atoms with E-state index in [9.17, 15) is 14.7 Å². The van der Waals surface area contributed by atoms with Gasteiger partial charge in [-0.2, -0.15) is 4.98 Å². The standard InChI is InChI=1S/C17H19N3O5/c21-9-14-13(22)8-12(10-25-14)20-7-6-15(19-17(20)24)18-16(23)11-4-2-1-3-5-11/h1-7,12-14,21-22H,8-10H2,(H,18,19,23,24)/t12-,13-,14+/m0/s1. The van der Waals surface area contributed by atoms with E-state index >= 15 is 0 Å². The molecular weight excluding hydrogens is 326 g/mol. The van der Waals surface area contributed by atoms with Gasteiger partial charge in [0.25, 0.3) is 5.91 Å². The predicted octanol–water partition coefficient (Wildman–Crippen LogP) is 0.179. The topological polar surface area (TPSA) is 114 Å². The summed E-state index contributed by atoms with van der Waals surface area (Å²) in [6.45, 7) is -0.0783. The van der Waals surface area contributed by atoms with E-state index < -0.39 is 17.9 Å². The molecule has 25 heavy (non-hydrogen) atoms. The Bertz CT molecular complexity index is 792.